The van der Waals surface area contributed by atoms with E-state index in [1.54, 1.807) is 18.0 Å². The SMILES string of the molecule is Cn1nc(CC(c2ccco2)N2CCC(C)(O)CC2)nc1N. The molecule has 22 heavy (non-hydrogen) atoms. The molecule has 0 spiro atoms. The van der Waals surface area contributed by atoms with Gasteiger partial charge in [0.2, 0.25) is 5.95 Å². The van der Waals surface area contributed by atoms with Crippen LogP contribution >= 0.6 is 0 Å². The first kappa shape index (κ1) is 15.1. The Balaban J connectivity index is 1.79. The molecular formula is C15H23N5O2. The van der Waals surface area contributed by atoms with Crippen molar-refractivity contribution in [3.63, 3.8) is 0 Å². The first-order valence-corrected chi connectivity index (χ1v) is 7.60. The number of likely N-dealkylation sites (tertiary alicyclic amines) is 1. The maximum atomic E-state index is 10.1. The predicted octanol–water partition coefficient (Wildman–Crippen LogP) is 1.12. The smallest absolute Gasteiger partial charge is 0.218 e. The molecule has 1 atom stereocenters. The maximum absolute atomic E-state index is 10.1. The fourth-order valence-electron chi connectivity index (χ4n) is 2.92. The van der Waals surface area contributed by atoms with Crippen LogP contribution in [0.25, 0.3) is 0 Å². The topological polar surface area (TPSA) is 93.3 Å². The van der Waals surface area contributed by atoms with Gasteiger partial charge in [-0.05, 0) is 31.9 Å². The molecule has 2 aromatic heterocycles. The van der Waals surface area contributed by atoms with Crippen LogP contribution in [0.5, 0.6) is 0 Å². The van der Waals surface area contributed by atoms with Crippen LogP contribution in [0.1, 0.15) is 37.4 Å². The highest BCUT2D eigenvalue weighted by Crippen LogP contribution is 2.31. The molecule has 3 rings (SSSR count). The standard InChI is InChI=1S/C15H23N5O2/c1-15(21)5-7-20(8-6-15)11(12-4-3-9-22-12)10-13-17-14(16)19(2)18-13/h3-4,9,11,21H,5-8,10H2,1-2H3,(H2,16,17,18). The van der Waals surface area contributed by atoms with Crippen molar-refractivity contribution in [3.8, 4) is 0 Å². The maximum Gasteiger partial charge on any atom is 0.218 e. The van der Waals surface area contributed by atoms with Crippen LogP contribution in [0.4, 0.5) is 5.95 Å². The van der Waals surface area contributed by atoms with Gasteiger partial charge in [-0.3, -0.25) is 4.90 Å². The predicted molar refractivity (Wildman–Crippen MR) is 82.0 cm³/mol. The minimum absolute atomic E-state index is 0.0629. The molecular weight excluding hydrogens is 282 g/mol. The van der Waals surface area contributed by atoms with E-state index < -0.39 is 5.60 Å². The van der Waals surface area contributed by atoms with E-state index >= 15 is 0 Å². The highest BCUT2D eigenvalue weighted by Gasteiger charge is 2.33. The van der Waals surface area contributed by atoms with E-state index in [2.05, 4.69) is 15.0 Å². The second kappa shape index (κ2) is 5.73. The lowest BCUT2D eigenvalue weighted by atomic mass is 9.92. The van der Waals surface area contributed by atoms with Crippen molar-refractivity contribution < 1.29 is 9.52 Å². The Morgan fingerprint density at radius 3 is 2.73 bits per heavy atom. The lowest BCUT2D eigenvalue weighted by Gasteiger charge is -2.39. The van der Waals surface area contributed by atoms with Gasteiger partial charge in [-0.15, -0.1) is 0 Å². The summed E-state index contributed by atoms with van der Waals surface area (Å²) in [5.41, 5.74) is 5.20. The zero-order chi connectivity index (χ0) is 15.7. The zero-order valence-electron chi connectivity index (χ0n) is 13.1. The molecule has 1 fully saturated rings. The molecule has 3 heterocycles. The van der Waals surface area contributed by atoms with E-state index in [-0.39, 0.29) is 6.04 Å². The molecule has 7 heteroatoms. The van der Waals surface area contributed by atoms with E-state index in [0.29, 0.717) is 18.2 Å². The molecule has 1 aliphatic heterocycles. The van der Waals surface area contributed by atoms with Gasteiger partial charge in [-0.25, -0.2) is 4.68 Å². The van der Waals surface area contributed by atoms with Crippen LogP contribution in [-0.4, -0.2) is 43.5 Å². The molecule has 0 bridgehead atoms. The van der Waals surface area contributed by atoms with Crippen molar-refractivity contribution in [1.29, 1.82) is 0 Å². The molecule has 0 aliphatic carbocycles. The zero-order valence-corrected chi connectivity index (χ0v) is 13.1. The van der Waals surface area contributed by atoms with Gasteiger partial charge in [0.25, 0.3) is 0 Å². The Morgan fingerprint density at radius 2 is 2.18 bits per heavy atom. The number of furan rings is 1. The molecule has 0 radical (unpaired) electrons. The van der Waals surface area contributed by atoms with Crippen molar-refractivity contribution in [3.05, 3.63) is 30.0 Å². The molecule has 7 nitrogen and oxygen atoms in total. The quantitative estimate of drug-likeness (QED) is 0.879. The van der Waals surface area contributed by atoms with Crippen molar-refractivity contribution in [2.75, 3.05) is 18.8 Å². The number of aliphatic hydroxyl groups is 1. The number of hydrogen-bond donors (Lipinski definition) is 2. The van der Waals surface area contributed by atoms with Crippen LogP contribution in [0, 0.1) is 0 Å². The number of piperidine rings is 1. The van der Waals surface area contributed by atoms with Crippen molar-refractivity contribution in [1.82, 2.24) is 19.7 Å². The number of anilines is 1. The van der Waals surface area contributed by atoms with E-state index in [1.807, 2.05) is 19.1 Å². The molecule has 0 amide bonds. The van der Waals surface area contributed by atoms with Crippen molar-refractivity contribution >= 4 is 5.95 Å². The molecule has 0 aromatic carbocycles. The van der Waals surface area contributed by atoms with Crippen LogP contribution in [0.15, 0.2) is 22.8 Å². The number of nitrogens with zero attached hydrogens (tertiary/aromatic N) is 4. The summed E-state index contributed by atoms with van der Waals surface area (Å²) in [7, 11) is 1.78. The fourth-order valence-corrected chi connectivity index (χ4v) is 2.92. The molecule has 1 saturated heterocycles. The summed E-state index contributed by atoms with van der Waals surface area (Å²) in [6.07, 6.45) is 3.83. The van der Waals surface area contributed by atoms with E-state index in [0.717, 1.165) is 31.7 Å². The van der Waals surface area contributed by atoms with Gasteiger partial charge < -0.3 is 15.3 Å². The van der Waals surface area contributed by atoms with Gasteiger partial charge in [0.05, 0.1) is 17.9 Å². The Labute approximate surface area is 129 Å². The largest absolute Gasteiger partial charge is 0.468 e. The molecule has 1 unspecified atom stereocenters. The van der Waals surface area contributed by atoms with Crippen LogP contribution < -0.4 is 5.73 Å². The first-order valence-electron chi connectivity index (χ1n) is 7.60. The van der Waals surface area contributed by atoms with Crippen molar-refractivity contribution in [2.24, 2.45) is 7.05 Å². The summed E-state index contributed by atoms with van der Waals surface area (Å²) in [6, 6.07) is 3.93. The van der Waals surface area contributed by atoms with Gasteiger partial charge in [-0.1, -0.05) is 0 Å². The summed E-state index contributed by atoms with van der Waals surface area (Å²) in [5, 5.41) is 14.5. The number of nitrogen functional groups attached to an aromatic ring is 1. The second-order valence-corrected chi connectivity index (χ2v) is 6.28. The van der Waals surface area contributed by atoms with Crippen LogP contribution in [0.3, 0.4) is 0 Å². The van der Waals surface area contributed by atoms with E-state index in [1.165, 1.54) is 0 Å². The lowest BCUT2D eigenvalue weighted by Crippen LogP contribution is -2.44. The summed E-state index contributed by atoms with van der Waals surface area (Å²) < 4.78 is 7.19. The number of nitrogens with two attached hydrogens (primary N) is 1. The molecule has 0 saturated carbocycles. The second-order valence-electron chi connectivity index (χ2n) is 6.28. The molecule has 120 valence electrons. The summed E-state index contributed by atoms with van der Waals surface area (Å²) in [4.78, 5) is 6.62. The average molecular weight is 305 g/mol. The lowest BCUT2D eigenvalue weighted by molar-refractivity contribution is -0.0196. The number of hydrogen-bond acceptors (Lipinski definition) is 6. The minimum atomic E-state index is -0.572. The summed E-state index contributed by atoms with van der Waals surface area (Å²) in [6.45, 7) is 3.54. The van der Waals surface area contributed by atoms with Gasteiger partial charge >= 0.3 is 0 Å². The van der Waals surface area contributed by atoms with Gasteiger partial charge in [0.1, 0.15) is 5.76 Å². The first-order chi connectivity index (χ1) is 10.4. The average Bonchev–Trinajstić information content (AvgIpc) is 3.08. The Morgan fingerprint density at radius 1 is 1.45 bits per heavy atom. The van der Waals surface area contributed by atoms with Crippen LogP contribution in [0.2, 0.25) is 0 Å². The highest BCUT2D eigenvalue weighted by atomic mass is 16.3. The minimum Gasteiger partial charge on any atom is -0.468 e. The summed E-state index contributed by atoms with van der Waals surface area (Å²) in [5.74, 6) is 2.01. The monoisotopic (exact) mass is 305 g/mol. The van der Waals surface area contributed by atoms with Gasteiger partial charge in [0.15, 0.2) is 5.82 Å². The third-order valence-corrected chi connectivity index (χ3v) is 4.40. The number of rotatable bonds is 4. The number of aromatic nitrogens is 3. The third kappa shape index (κ3) is 3.15. The third-order valence-electron chi connectivity index (χ3n) is 4.40. The molecule has 2 aromatic rings. The summed E-state index contributed by atoms with van der Waals surface area (Å²) >= 11 is 0. The van der Waals surface area contributed by atoms with E-state index in [4.69, 9.17) is 10.2 Å². The van der Waals surface area contributed by atoms with Crippen molar-refractivity contribution in [2.45, 2.75) is 37.8 Å². The van der Waals surface area contributed by atoms with Gasteiger partial charge in [0, 0.05) is 26.6 Å². The Kier molecular flexibility index (Phi) is 3.92. The van der Waals surface area contributed by atoms with Crippen LogP contribution in [-0.2, 0) is 13.5 Å². The Hall–Kier alpha value is -1.86. The Bertz CT molecular complexity index is 590. The molecule has 1 aliphatic rings. The fraction of sp³-hybridized carbons (Fsp3) is 0.600. The number of aryl methyl sites for hydroxylation is 1. The normalized spacial score (nSPS) is 20.1. The van der Waals surface area contributed by atoms with E-state index in [9.17, 15) is 5.11 Å². The van der Waals surface area contributed by atoms with Gasteiger partial charge in [-0.2, -0.15) is 10.1 Å². The molecule has 3 N–H and O–H groups in total. The highest BCUT2D eigenvalue weighted by molar-refractivity contribution is 5.17.